The van der Waals surface area contributed by atoms with Crippen molar-refractivity contribution in [3.63, 3.8) is 0 Å². The average molecular weight is 386 g/mol. The summed E-state index contributed by atoms with van der Waals surface area (Å²) in [6.07, 6.45) is 3.84. The number of rotatable bonds is 9. The summed E-state index contributed by atoms with van der Waals surface area (Å²) < 4.78 is 15.7. The van der Waals surface area contributed by atoms with Crippen LogP contribution in [0.15, 0.2) is 42.7 Å². The predicted octanol–water partition coefficient (Wildman–Crippen LogP) is 2.63. The van der Waals surface area contributed by atoms with Crippen molar-refractivity contribution in [3.8, 4) is 11.5 Å². The molecule has 0 saturated carbocycles. The molecular formula is C21H26N2O5. The average Bonchev–Trinajstić information content (AvgIpc) is 2.72. The monoisotopic (exact) mass is 386 g/mol. The molecule has 0 unspecified atom stereocenters. The van der Waals surface area contributed by atoms with Crippen molar-refractivity contribution < 1.29 is 23.8 Å². The molecule has 0 aliphatic carbocycles. The number of aromatic nitrogens is 1. The van der Waals surface area contributed by atoms with E-state index in [-0.39, 0.29) is 18.9 Å². The van der Waals surface area contributed by atoms with Crippen LogP contribution in [0.5, 0.6) is 11.5 Å². The highest BCUT2D eigenvalue weighted by atomic mass is 16.5. The first-order chi connectivity index (χ1) is 13.4. The zero-order valence-electron chi connectivity index (χ0n) is 16.7. The Labute approximate surface area is 165 Å². The molecular weight excluding hydrogens is 360 g/mol. The summed E-state index contributed by atoms with van der Waals surface area (Å²) in [7, 11) is 3.13. The number of carbonyl (C=O) groups is 2. The van der Waals surface area contributed by atoms with Gasteiger partial charge in [-0.1, -0.05) is 12.1 Å². The van der Waals surface area contributed by atoms with Crippen LogP contribution in [0.1, 0.15) is 31.4 Å². The Morgan fingerprint density at radius 1 is 1.14 bits per heavy atom. The van der Waals surface area contributed by atoms with E-state index in [1.54, 1.807) is 58.7 Å². The van der Waals surface area contributed by atoms with Crippen molar-refractivity contribution in [2.24, 2.45) is 0 Å². The van der Waals surface area contributed by atoms with Gasteiger partial charge in [0.25, 0.3) is 0 Å². The lowest BCUT2D eigenvalue weighted by Gasteiger charge is -2.28. The SMILES string of the molecule is CCOC(=O)[C@@](C)(NC(=O)CCc1ccc(OC)c(OC)c1)c1cccnc1. The van der Waals surface area contributed by atoms with Gasteiger partial charge in [-0.3, -0.25) is 9.78 Å². The fourth-order valence-electron chi connectivity index (χ4n) is 2.81. The number of ether oxygens (including phenoxy) is 3. The molecule has 2 aromatic rings. The van der Waals surface area contributed by atoms with E-state index in [1.165, 1.54) is 0 Å². The van der Waals surface area contributed by atoms with Crippen molar-refractivity contribution in [2.45, 2.75) is 32.2 Å². The minimum atomic E-state index is -1.31. The molecule has 7 nitrogen and oxygen atoms in total. The van der Waals surface area contributed by atoms with E-state index >= 15 is 0 Å². The summed E-state index contributed by atoms with van der Waals surface area (Å²) >= 11 is 0. The Kier molecular flexibility index (Phi) is 7.37. The second-order valence-electron chi connectivity index (χ2n) is 6.32. The number of nitrogens with one attached hydrogen (secondary N) is 1. The van der Waals surface area contributed by atoms with Crippen molar-refractivity contribution >= 4 is 11.9 Å². The number of nitrogens with zero attached hydrogens (tertiary/aromatic N) is 1. The van der Waals surface area contributed by atoms with E-state index in [0.29, 0.717) is 23.5 Å². The Morgan fingerprint density at radius 3 is 2.50 bits per heavy atom. The van der Waals surface area contributed by atoms with Gasteiger partial charge in [-0.05, 0) is 44.0 Å². The van der Waals surface area contributed by atoms with Gasteiger partial charge in [0, 0.05) is 24.4 Å². The third-order valence-electron chi connectivity index (χ3n) is 4.40. The first kappa shape index (κ1) is 21.2. The molecule has 1 amide bonds. The topological polar surface area (TPSA) is 86.8 Å². The lowest BCUT2D eigenvalue weighted by molar-refractivity contribution is -0.153. The van der Waals surface area contributed by atoms with E-state index in [1.807, 2.05) is 12.1 Å². The van der Waals surface area contributed by atoms with E-state index < -0.39 is 11.5 Å². The highest BCUT2D eigenvalue weighted by Crippen LogP contribution is 2.28. The Morgan fingerprint density at radius 2 is 1.89 bits per heavy atom. The Hall–Kier alpha value is -3.09. The Balaban J connectivity index is 2.11. The summed E-state index contributed by atoms with van der Waals surface area (Å²) in [5.74, 6) is 0.436. The van der Waals surface area contributed by atoms with E-state index in [2.05, 4.69) is 10.3 Å². The van der Waals surface area contributed by atoms with Gasteiger partial charge in [0.1, 0.15) is 0 Å². The molecule has 1 heterocycles. The van der Waals surface area contributed by atoms with Crippen molar-refractivity contribution in [2.75, 3.05) is 20.8 Å². The molecule has 1 atom stereocenters. The van der Waals surface area contributed by atoms with Crippen LogP contribution >= 0.6 is 0 Å². The maximum atomic E-state index is 12.6. The molecule has 0 bridgehead atoms. The number of esters is 1. The first-order valence-corrected chi connectivity index (χ1v) is 9.04. The molecule has 7 heteroatoms. The number of hydrogen-bond donors (Lipinski definition) is 1. The fourth-order valence-corrected chi connectivity index (χ4v) is 2.81. The molecule has 1 aromatic heterocycles. The molecule has 28 heavy (non-hydrogen) atoms. The normalized spacial score (nSPS) is 12.6. The summed E-state index contributed by atoms with van der Waals surface area (Å²) in [6.45, 7) is 3.56. The molecule has 1 N–H and O–H groups in total. The molecule has 2 rings (SSSR count). The van der Waals surface area contributed by atoms with Gasteiger partial charge in [-0.25, -0.2) is 4.79 Å². The van der Waals surface area contributed by atoms with Crippen molar-refractivity contribution in [3.05, 3.63) is 53.9 Å². The Bertz CT molecular complexity index is 810. The van der Waals surface area contributed by atoms with E-state index in [4.69, 9.17) is 14.2 Å². The van der Waals surface area contributed by atoms with Gasteiger partial charge in [-0.2, -0.15) is 0 Å². The zero-order valence-corrected chi connectivity index (χ0v) is 16.7. The zero-order chi connectivity index (χ0) is 20.6. The number of benzene rings is 1. The van der Waals surface area contributed by atoms with Gasteiger partial charge in [0.2, 0.25) is 5.91 Å². The number of pyridine rings is 1. The van der Waals surface area contributed by atoms with Crippen molar-refractivity contribution in [1.82, 2.24) is 10.3 Å². The summed E-state index contributed by atoms with van der Waals surface area (Å²) in [5.41, 5.74) is 0.179. The smallest absolute Gasteiger partial charge is 0.336 e. The number of amides is 1. The molecule has 0 aliphatic rings. The van der Waals surface area contributed by atoms with Crippen LogP contribution in [-0.2, 0) is 26.3 Å². The molecule has 0 aliphatic heterocycles. The second-order valence-corrected chi connectivity index (χ2v) is 6.32. The highest BCUT2D eigenvalue weighted by molar-refractivity contribution is 5.88. The quantitative estimate of drug-likeness (QED) is 0.667. The van der Waals surface area contributed by atoms with E-state index in [0.717, 1.165) is 5.56 Å². The molecule has 0 spiro atoms. The summed E-state index contributed by atoms with van der Waals surface area (Å²) in [6, 6.07) is 8.95. The second kappa shape index (κ2) is 9.73. The number of aryl methyl sites for hydroxylation is 1. The van der Waals surface area contributed by atoms with Gasteiger partial charge < -0.3 is 19.5 Å². The third kappa shape index (κ3) is 5.00. The van der Waals surface area contributed by atoms with Gasteiger partial charge in [0.15, 0.2) is 17.0 Å². The minimum absolute atomic E-state index is 0.199. The van der Waals surface area contributed by atoms with E-state index in [9.17, 15) is 9.59 Å². The van der Waals surface area contributed by atoms with Crippen molar-refractivity contribution in [1.29, 1.82) is 0 Å². The fraction of sp³-hybridized carbons (Fsp3) is 0.381. The van der Waals surface area contributed by atoms with Crippen LogP contribution in [0.3, 0.4) is 0 Å². The summed E-state index contributed by atoms with van der Waals surface area (Å²) in [4.78, 5) is 29.2. The first-order valence-electron chi connectivity index (χ1n) is 9.04. The van der Waals surface area contributed by atoms with Gasteiger partial charge >= 0.3 is 5.97 Å². The lowest BCUT2D eigenvalue weighted by atomic mass is 9.93. The molecule has 0 fully saturated rings. The number of hydrogen-bond acceptors (Lipinski definition) is 6. The van der Waals surface area contributed by atoms with Crippen LogP contribution in [0.25, 0.3) is 0 Å². The minimum Gasteiger partial charge on any atom is -0.493 e. The number of carbonyl (C=O) groups excluding carboxylic acids is 2. The van der Waals surface area contributed by atoms with Crippen LogP contribution in [0, 0.1) is 0 Å². The highest BCUT2D eigenvalue weighted by Gasteiger charge is 2.38. The van der Waals surface area contributed by atoms with Gasteiger partial charge in [0.05, 0.1) is 20.8 Å². The van der Waals surface area contributed by atoms with Crippen LogP contribution in [-0.4, -0.2) is 37.7 Å². The molecule has 0 radical (unpaired) electrons. The van der Waals surface area contributed by atoms with Crippen LogP contribution in [0.4, 0.5) is 0 Å². The standard InChI is InChI=1S/C21H26N2O5/c1-5-28-20(25)21(2,16-7-6-12-22-14-16)23-19(24)11-9-15-8-10-17(26-3)18(13-15)27-4/h6-8,10,12-14H,5,9,11H2,1-4H3,(H,23,24)/t21-/m0/s1. The molecule has 150 valence electrons. The maximum absolute atomic E-state index is 12.6. The molecule has 0 saturated heterocycles. The largest absolute Gasteiger partial charge is 0.493 e. The number of methoxy groups -OCH3 is 2. The predicted molar refractivity (Wildman–Crippen MR) is 104 cm³/mol. The van der Waals surface area contributed by atoms with Gasteiger partial charge in [-0.15, -0.1) is 0 Å². The maximum Gasteiger partial charge on any atom is 0.336 e. The summed E-state index contributed by atoms with van der Waals surface area (Å²) in [5, 5.41) is 2.81. The molecule has 1 aromatic carbocycles. The third-order valence-corrected chi connectivity index (χ3v) is 4.40. The lowest BCUT2D eigenvalue weighted by Crippen LogP contribution is -2.50. The van der Waals surface area contributed by atoms with Crippen LogP contribution in [0.2, 0.25) is 0 Å². The van der Waals surface area contributed by atoms with Crippen LogP contribution < -0.4 is 14.8 Å².